The molecule has 2 heterocycles. The second kappa shape index (κ2) is 8.98. The molecule has 0 saturated carbocycles. The molecule has 0 radical (unpaired) electrons. The van der Waals surface area contributed by atoms with Gasteiger partial charge in [0.2, 0.25) is 5.91 Å². The highest BCUT2D eigenvalue weighted by atomic mass is 32.1. The summed E-state index contributed by atoms with van der Waals surface area (Å²) in [5.41, 5.74) is 1.88. The Labute approximate surface area is 160 Å². The van der Waals surface area contributed by atoms with Crippen molar-refractivity contribution in [1.29, 1.82) is 5.26 Å². The Morgan fingerprint density at radius 1 is 1.38 bits per heavy atom. The molecule has 1 aromatic heterocycles. The number of nitriles is 1. The van der Waals surface area contributed by atoms with Crippen LogP contribution in [0.25, 0.3) is 0 Å². The lowest BCUT2D eigenvalue weighted by molar-refractivity contribution is -0.117. The topological polar surface area (TPSA) is 65.4 Å². The molecule has 1 aromatic rings. The van der Waals surface area contributed by atoms with E-state index in [4.69, 9.17) is 4.74 Å². The number of fused-ring (bicyclic) bond motifs is 1. The van der Waals surface area contributed by atoms with E-state index in [9.17, 15) is 10.1 Å². The Morgan fingerprint density at radius 3 is 2.96 bits per heavy atom. The van der Waals surface area contributed by atoms with Crippen LogP contribution in [0.3, 0.4) is 0 Å². The summed E-state index contributed by atoms with van der Waals surface area (Å²) in [4.78, 5) is 16.2. The number of hydrogen-bond acceptors (Lipinski definition) is 5. The summed E-state index contributed by atoms with van der Waals surface area (Å²) >= 11 is 1.61. The highest BCUT2D eigenvalue weighted by molar-refractivity contribution is 7.16. The number of ether oxygens (including phenoxy) is 1. The first-order valence-corrected chi connectivity index (χ1v) is 10.6. The molecular formula is C20H29N3O2S. The molecule has 0 bridgehead atoms. The van der Waals surface area contributed by atoms with Crippen molar-refractivity contribution in [3.05, 3.63) is 16.0 Å². The lowest BCUT2D eigenvalue weighted by Gasteiger charge is -2.38. The van der Waals surface area contributed by atoms with Crippen LogP contribution in [0.5, 0.6) is 0 Å². The van der Waals surface area contributed by atoms with Gasteiger partial charge < -0.3 is 10.1 Å². The summed E-state index contributed by atoms with van der Waals surface area (Å²) in [6.07, 6.45) is 7.26. The molecule has 0 spiro atoms. The fourth-order valence-electron chi connectivity index (χ4n) is 3.95. The molecule has 1 N–H and O–H groups in total. The van der Waals surface area contributed by atoms with Gasteiger partial charge in [0.25, 0.3) is 0 Å². The van der Waals surface area contributed by atoms with Gasteiger partial charge in [-0.05, 0) is 44.6 Å². The van der Waals surface area contributed by atoms with Crippen molar-refractivity contribution in [3.63, 3.8) is 0 Å². The lowest BCUT2D eigenvalue weighted by atomic mass is 10.1. The van der Waals surface area contributed by atoms with Gasteiger partial charge in [0.1, 0.15) is 11.1 Å². The Bertz CT molecular complexity index is 679. The van der Waals surface area contributed by atoms with E-state index in [-0.39, 0.29) is 12.0 Å². The highest BCUT2D eigenvalue weighted by Crippen LogP contribution is 2.37. The molecule has 1 fully saturated rings. The molecule has 2 aliphatic rings. The summed E-state index contributed by atoms with van der Waals surface area (Å²) in [5.74, 6) is 0.00640. The van der Waals surface area contributed by atoms with Crippen molar-refractivity contribution in [2.24, 2.45) is 0 Å². The number of anilines is 1. The quantitative estimate of drug-likeness (QED) is 0.797. The first kappa shape index (κ1) is 19.3. The van der Waals surface area contributed by atoms with E-state index in [1.807, 2.05) is 0 Å². The number of amides is 1. The Morgan fingerprint density at radius 2 is 2.19 bits per heavy atom. The predicted octanol–water partition coefficient (Wildman–Crippen LogP) is 3.72. The second-order valence-corrected chi connectivity index (χ2v) is 8.48. The standard InChI is InChI=1S/C20H29N3O2S/c1-3-15-13-25-14(2)12-23(15)10-9-19(24)22-20-17(11-21)16-7-5-4-6-8-18(16)26-20/h14-15H,3-10,12-13H2,1-2H3,(H,22,24)/t14-,15-/m1/s1. The summed E-state index contributed by atoms with van der Waals surface area (Å²) in [6.45, 7) is 6.61. The maximum absolute atomic E-state index is 12.5. The van der Waals surface area contributed by atoms with E-state index >= 15 is 0 Å². The van der Waals surface area contributed by atoms with Crippen molar-refractivity contribution in [3.8, 4) is 6.07 Å². The van der Waals surface area contributed by atoms with Crippen LogP contribution in [-0.2, 0) is 22.4 Å². The minimum absolute atomic E-state index is 0.00640. The maximum atomic E-state index is 12.5. The van der Waals surface area contributed by atoms with Crippen LogP contribution in [0.1, 0.15) is 62.0 Å². The monoisotopic (exact) mass is 375 g/mol. The van der Waals surface area contributed by atoms with E-state index < -0.39 is 0 Å². The van der Waals surface area contributed by atoms with Crippen molar-refractivity contribution in [2.75, 3.05) is 25.0 Å². The molecule has 1 saturated heterocycles. The molecule has 0 unspecified atom stereocenters. The predicted molar refractivity (Wildman–Crippen MR) is 105 cm³/mol. The van der Waals surface area contributed by atoms with Crippen molar-refractivity contribution < 1.29 is 9.53 Å². The number of nitrogens with one attached hydrogen (secondary N) is 1. The number of aryl methyl sites for hydroxylation is 1. The van der Waals surface area contributed by atoms with Gasteiger partial charge in [-0.2, -0.15) is 5.26 Å². The Kier molecular flexibility index (Phi) is 6.68. The molecule has 1 aliphatic carbocycles. The summed E-state index contributed by atoms with van der Waals surface area (Å²) in [6, 6.07) is 2.73. The number of carbonyl (C=O) groups excluding carboxylic acids is 1. The fourth-order valence-corrected chi connectivity index (χ4v) is 5.20. The molecule has 26 heavy (non-hydrogen) atoms. The van der Waals surface area contributed by atoms with Crippen LogP contribution in [0.4, 0.5) is 5.00 Å². The lowest BCUT2D eigenvalue weighted by Crippen LogP contribution is -2.49. The number of carbonyl (C=O) groups is 1. The first-order valence-electron chi connectivity index (χ1n) is 9.82. The van der Waals surface area contributed by atoms with E-state index in [0.29, 0.717) is 18.0 Å². The van der Waals surface area contributed by atoms with Crippen molar-refractivity contribution >= 4 is 22.2 Å². The zero-order valence-corrected chi connectivity index (χ0v) is 16.7. The largest absolute Gasteiger partial charge is 0.376 e. The third-order valence-electron chi connectivity index (χ3n) is 5.46. The van der Waals surface area contributed by atoms with Crippen LogP contribution < -0.4 is 5.32 Å². The normalized spacial score (nSPS) is 23.7. The van der Waals surface area contributed by atoms with Crippen LogP contribution >= 0.6 is 11.3 Å². The van der Waals surface area contributed by atoms with Gasteiger partial charge in [-0.1, -0.05) is 13.3 Å². The van der Waals surface area contributed by atoms with Crippen molar-refractivity contribution in [1.82, 2.24) is 4.90 Å². The maximum Gasteiger partial charge on any atom is 0.226 e. The van der Waals surface area contributed by atoms with Gasteiger partial charge in [0.05, 0.1) is 18.3 Å². The Balaban J connectivity index is 1.61. The molecular weight excluding hydrogens is 346 g/mol. The number of thiophene rings is 1. The minimum atomic E-state index is 0.00640. The molecule has 0 aromatic carbocycles. The average Bonchev–Trinajstić information content (AvgIpc) is 2.79. The van der Waals surface area contributed by atoms with Crippen LogP contribution in [0, 0.1) is 11.3 Å². The minimum Gasteiger partial charge on any atom is -0.376 e. The second-order valence-electron chi connectivity index (χ2n) is 7.38. The number of rotatable bonds is 5. The van der Waals surface area contributed by atoms with E-state index in [0.717, 1.165) is 50.4 Å². The van der Waals surface area contributed by atoms with Gasteiger partial charge in [-0.15, -0.1) is 11.3 Å². The molecule has 1 aliphatic heterocycles. The van der Waals surface area contributed by atoms with Crippen LogP contribution in [0.15, 0.2) is 0 Å². The SMILES string of the molecule is CC[C@@H]1CO[C@H](C)CN1CCC(=O)Nc1sc2c(c1C#N)CCCCC2. The van der Waals surface area contributed by atoms with Gasteiger partial charge >= 0.3 is 0 Å². The molecule has 6 heteroatoms. The van der Waals surface area contributed by atoms with Gasteiger partial charge in [0.15, 0.2) is 0 Å². The van der Waals surface area contributed by atoms with Gasteiger partial charge in [-0.3, -0.25) is 9.69 Å². The number of nitrogens with zero attached hydrogens (tertiary/aromatic N) is 2. The Hall–Kier alpha value is -1.42. The fraction of sp³-hybridized carbons (Fsp3) is 0.700. The third-order valence-corrected chi connectivity index (χ3v) is 6.67. The van der Waals surface area contributed by atoms with E-state index in [1.165, 1.54) is 23.3 Å². The van der Waals surface area contributed by atoms with E-state index in [2.05, 4.69) is 30.1 Å². The smallest absolute Gasteiger partial charge is 0.226 e. The number of hydrogen-bond donors (Lipinski definition) is 1. The summed E-state index contributed by atoms with van der Waals surface area (Å²) < 4.78 is 5.72. The molecule has 2 atom stereocenters. The summed E-state index contributed by atoms with van der Waals surface area (Å²) in [5, 5.41) is 13.4. The summed E-state index contributed by atoms with van der Waals surface area (Å²) in [7, 11) is 0. The number of morpholine rings is 1. The molecule has 5 nitrogen and oxygen atoms in total. The first-order chi connectivity index (χ1) is 12.6. The highest BCUT2D eigenvalue weighted by Gasteiger charge is 2.26. The van der Waals surface area contributed by atoms with Gasteiger partial charge in [0, 0.05) is 30.4 Å². The zero-order valence-electron chi connectivity index (χ0n) is 15.8. The average molecular weight is 376 g/mol. The van der Waals surface area contributed by atoms with E-state index in [1.54, 1.807) is 11.3 Å². The van der Waals surface area contributed by atoms with Crippen LogP contribution in [0.2, 0.25) is 0 Å². The molecule has 3 rings (SSSR count). The van der Waals surface area contributed by atoms with Gasteiger partial charge in [-0.25, -0.2) is 0 Å². The third kappa shape index (κ3) is 4.46. The molecule has 1 amide bonds. The zero-order chi connectivity index (χ0) is 18.5. The van der Waals surface area contributed by atoms with Crippen molar-refractivity contribution in [2.45, 2.75) is 70.9 Å². The van der Waals surface area contributed by atoms with Crippen LogP contribution in [-0.4, -0.2) is 42.6 Å². The molecule has 142 valence electrons.